The number of rotatable bonds is 21. The molecule has 0 amide bonds. The molecule has 14 heterocycles. The lowest BCUT2D eigenvalue weighted by Crippen LogP contribution is -2.38. The van der Waals surface area contributed by atoms with Gasteiger partial charge in [-0.25, -0.2) is 79.7 Å². The summed E-state index contributed by atoms with van der Waals surface area (Å²) in [7, 11) is 10.5. The molecule has 0 N–H and O–H groups in total. The Kier molecular flexibility index (Phi) is 25.4. The van der Waals surface area contributed by atoms with Crippen LogP contribution in [0.25, 0.3) is 120 Å². The molecule has 25 heteroatoms. The fourth-order valence-corrected chi connectivity index (χ4v) is 21.6. The second kappa shape index (κ2) is 39.2. The topological polar surface area (TPSA) is 260 Å². The van der Waals surface area contributed by atoms with Gasteiger partial charge in [0.05, 0.1) is 114 Å². The summed E-state index contributed by atoms with van der Waals surface area (Å²) in [6, 6.07) is 66.2. The van der Waals surface area contributed by atoms with Crippen molar-refractivity contribution in [2.24, 2.45) is 35.2 Å². The van der Waals surface area contributed by atoms with Crippen molar-refractivity contribution in [3.63, 3.8) is 0 Å². The van der Waals surface area contributed by atoms with Crippen molar-refractivity contribution < 1.29 is 9.15 Å². The van der Waals surface area contributed by atoms with Crippen molar-refractivity contribution in [3.05, 3.63) is 321 Å². The second-order valence-corrected chi connectivity index (χ2v) is 39.3. The first-order valence-corrected chi connectivity index (χ1v) is 50.6. The van der Waals surface area contributed by atoms with Crippen molar-refractivity contribution in [3.8, 4) is 11.3 Å². The average Bonchev–Trinajstić information content (AvgIpc) is 1.63. The highest BCUT2D eigenvalue weighted by Gasteiger charge is 2.33. The molecular formula is C117H121N23O2. The SMILES string of the molecule is Cc1nc(CCc2nc3c4ccccc4ccc3n2C)nc(C)c1-c1cocn1.Cc1nc(CCc2nc3c4ccccc4ccc3n2C)nc(C)c1C1COC1.Cc1nc(CCc2nc3c4ccccc4ccc3n2C)nc(C)c1N1CCC1.Cc1nc(CCc2nc3c4ccccc4ccc3n2C)nc(C)c1N1CCCC1.Cn1c(CCc2nc(C3CC3)cc(C3CC3)n2)nc2c3ccccc3ccc21. The van der Waals surface area contributed by atoms with Gasteiger partial charge in [0.2, 0.25) is 0 Å². The van der Waals surface area contributed by atoms with Gasteiger partial charge in [-0.3, -0.25) is 0 Å². The number of aromatic nitrogens is 21. The largest absolute Gasteiger partial charge is 0.451 e. The average molecular weight is 1880 g/mol. The Hall–Kier alpha value is -15.0. The molecule has 5 aliphatic rings. The van der Waals surface area contributed by atoms with Gasteiger partial charge in [-0.1, -0.05) is 152 Å². The lowest BCUT2D eigenvalue weighted by molar-refractivity contribution is 0.00756. The number of hydrogen-bond acceptors (Lipinski definition) is 20. The quantitative estimate of drug-likeness (QED) is 0.0647. The van der Waals surface area contributed by atoms with Crippen molar-refractivity contribution in [2.45, 2.75) is 182 Å². The van der Waals surface area contributed by atoms with E-state index in [0.29, 0.717) is 17.8 Å². The van der Waals surface area contributed by atoms with E-state index in [1.165, 1.54) is 156 Å². The number of hydrogen-bond donors (Lipinski definition) is 0. The summed E-state index contributed by atoms with van der Waals surface area (Å²) in [6.07, 6.45) is 20.1. The van der Waals surface area contributed by atoms with Gasteiger partial charge in [-0.2, -0.15) is 0 Å². The molecule has 2 aliphatic carbocycles. The Morgan fingerprint density at radius 2 is 0.556 bits per heavy atom. The number of anilines is 2. The fourth-order valence-electron chi connectivity index (χ4n) is 21.6. The third-order valence-electron chi connectivity index (χ3n) is 29.6. The normalized spacial score (nSPS) is 14.3. The predicted molar refractivity (Wildman–Crippen MR) is 567 cm³/mol. The maximum atomic E-state index is 5.34. The van der Waals surface area contributed by atoms with Crippen molar-refractivity contribution >= 4 is 120 Å². The highest BCUT2D eigenvalue weighted by molar-refractivity contribution is 6.08. The zero-order chi connectivity index (χ0) is 97.1. The Balaban J connectivity index is 0.000000102. The van der Waals surface area contributed by atoms with Crippen LogP contribution in [0.2, 0.25) is 0 Å². The summed E-state index contributed by atoms with van der Waals surface area (Å²) >= 11 is 0. The maximum absolute atomic E-state index is 5.34. The zero-order valence-electron chi connectivity index (χ0n) is 83.7. The molecule has 716 valence electrons. The van der Waals surface area contributed by atoms with E-state index in [2.05, 4.69) is 302 Å². The molecular weight excluding hydrogens is 1760 g/mol. The molecule has 11 aromatic heterocycles. The van der Waals surface area contributed by atoms with Crippen LogP contribution in [0, 0.1) is 55.4 Å². The summed E-state index contributed by atoms with van der Waals surface area (Å²) < 4.78 is 21.5. The van der Waals surface area contributed by atoms with Crippen LogP contribution in [0.4, 0.5) is 11.4 Å². The first kappa shape index (κ1) is 92.1. The fraction of sp³-hybridized carbons (Fsp3) is 0.333. The molecule has 25 nitrogen and oxygen atoms in total. The monoisotopic (exact) mass is 1880 g/mol. The molecule has 3 aliphatic heterocycles. The van der Waals surface area contributed by atoms with E-state index in [1.807, 2.05) is 13.8 Å². The van der Waals surface area contributed by atoms with Gasteiger partial charge in [0.15, 0.2) is 6.39 Å². The highest BCUT2D eigenvalue weighted by Crippen LogP contribution is 2.44. The van der Waals surface area contributed by atoms with E-state index in [-0.39, 0.29) is 0 Å². The number of benzene rings is 10. The molecule has 3 saturated heterocycles. The van der Waals surface area contributed by atoms with E-state index in [9.17, 15) is 0 Å². The first-order chi connectivity index (χ1) is 69.2. The zero-order valence-corrected chi connectivity index (χ0v) is 83.7. The second-order valence-electron chi connectivity index (χ2n) is 39.3. The van der Waals surface area contributed by atoms with Gasteiger partial charge in [0, 0.05) is 204 Å². The summed E-state index contributed by atoms with van der Waals surface area (Å²) in [5.74, 6) is 11.8. The minimum Gasteiger partial charge on any atom is -0.451 e. The summed E-state index contributed by atoms with van der Waals surface area (Å²) in [5, 5.41) is 12.2. The van der Waals surface area contributed by atoms with Crippen LogP contribution in [0.5, 0.6) is 0 Å². The van der Waals surface area contributed by atoms with Gasteiger partial charge in [0.1, 0.15) is 70.2 Å². The molecule has 10 aromatic carbocycles. The lowest BCUT2D eigenvalue weighted by Gasteiger charge is -2.34. The lowest BCUT2D eigenvalue weighted by atomic mass is 9.95. The van der Waals surface area contributed by atoms with E-state index < -0.39 is 0 Å². The summed E-state index contributed by atoms with van der Waals surface area (Å²) in [5.41, 5.74) is 27.7. The smallest absolute Gasteiger partial charge is 0.181 e. The first-order valence-electron chi connectivity index (χ1n) is 50.6. The van der Waals surface area contributed by atoms with Gasteiger partial charge in [0.25, 0.3) is 0 Å². The molecule has 142 heavy (non-hydrogen) atoms. The third kappa shape index (κ3) is 18.5. The standard InChI is InChI=1S/C24H27N5.C24H24N4.C23H21N5O.C23H25N5.C23H24N4O/c1-16-24(29-14-6-7-15-29)17(2)26-21(25-16)12-13-22-27-23-19-9-5-4-8-18(19)10-11-20(23)28(22)3;1-28-21-11-10-15-4-2-3-5-18(15)24(21)27-23(28)13-12-22-25-19(16-6-7-16)14-20(26-22)17-8-9-17;1-14-22(18-12-29-13-24-18)15(2)26-20(25-14)10-11-21-27-23-17-7-5-4-6-16(17)8-9-19(23)28(21)3;1-15-23(28-13-6-14-28)16(2)25-20(24-15)11-12-21-26-22-18-8-5-4-7-17(18)9-10-19(22)27(21)3;1-14-22(17-12-28-13-17)15(2)25-20(24-14)10-11-21-26-23-18-7-5-4-6-16(18)8-9-19(23)27(21)3/h4-5,8-11H,6-7,12-15H2,1-3H3;2-5,10-11,14,16-17H,6-9,12-13H2,1H3;4-9,12-13H,10-11H2,1-3H3;4-5,7-10H,6,11-14H2,1-3H3;4-9,17H,10-13H2,1-3H3. The molecule has 5 fully saturated rings. The van der Waals surface area contributed by atoms with Crippen LogP contribution in [0.1, 0.15) is 183 Å². The maximum Gasteiger partial charge on any atom is 0.181 e. The van der Waals surface area contributed by atoms with Crippen LogP contribution < -0.4 is 9.80 Å². The number of nitrogens with zero attached hydrogens (tertiary/aromatic N) is 23. The molecule has 26 rings (SSSR count). The molecule has 0 radical (unpaired) electrons. The highest BCUT2D eigenvalue weighted by atomic mass is 16.5. The van der Waals surface area contributed by atoms with E-state index >= 15 is 0 Å². The van der Waals surface area contributed by atoms with Gasteiger partial charge < -0.3 is 41.8 Å². The molecule has 21 aromatic rings. The molecule has 2 saturated carbocycles. The Labute approximate surface area is 826 Å². The van der Waals surface area contributed by atoms with Gasteiger partial charge >= 0.3 is 0 Å². The molecule has 0 unspecified atom stereocenters. The molecule has 0 atom stereocenters. The number of ether oxygens (including phenoxy) is 1. The van der Waals surface area contributed by atoms with Gasteiger partial charge in [-0.05, 0) is 164 Å². The Morgan fingerprint density at radius 3 is 0.817 bits per heavy atom. The number of imidazole rings is 5. The number of fused-ring (bicyclic) bond motifs is 15. The van der Waals surface area contributed by atoms with E-state index in [4.69, 9.17) is 83.9 Å². The van der Waals surface area contributed by atoms with Crippen LogP contribution >= 0.6 is 0 Å². The third-order valence-corrected chi connectivity index (χ3v) is 29.6. The number of aryl methyl sites for hydroxylation is 23. The minimum atomic E-state index is 0.460. The Bertz CT molecular complexity index is 8050. The van der Waals surface area contributed by atoms with Crippen molar-refractivity contribution in [2.75, 3.05) is 49.2 Å². The molecule has 0 spiro atoms. The van der Waals surface area contributed by atoms with E-state index in [1.54, 1.807) is 6.26 Å². The van der Waals surface area contributed by atoms with E-state index in [0.717, 1.165) is 252 Å². The minimum absolute atomic E-state index is 0.460. The summed E-state index contributed by atoms with van der Waals surface area (Å²) in [6.45, 7) is 22.7. The van der Waals surface area contributed by atoms with Crippen LogP contribution in [0.3, 0.4) is 0 Å². The van der Waals surface area contributed by atoms with Crippen molar-refractivity contribution in [1.82, 2.24) is 103 Å². The predicted octanol–water partition coefficient (Wildman–Crippen LogP) is 22.3. The molecule has 0 bridgehead atoms. The van der Waals surface area contributed by atoms with Crippen LogP contribution in [-0.2, 0) is 104 Å². The number of oxazole rings is 1. The summed E-state index contributed by atoms with van der Waals surface area (Å²) in [4.78, 5) is 82.0. The Morgan fingerprint density at radius 1 is 0.282 bits per heavy atom. The van der Waals surface area contributed by atoms with Crippen LogP contribution in [0.15, 0.2) is 205 Å². The van der Waals surface area contributed by atoms with Crippen LogP contribution in [-0.4, -0.2) is 142 Å². The van der Waals surface area contributed by atoms with Gasteiger partial charge in [-0.15, -0.1) is 0 Å². The van der Waals surface area contributed by atoms with Crippen molar-refractivity contribution in [1.29, 1.82) is 0 Å².